The number of aromatic amines is 1. The molecule has 7 nitrogen and oxygen atoms in total. The molecule has 0 aliphatic carbocycles. The lowest BCUT2D eigenvalue weighted by atomic mass is 10.2. The molecule has 0 radical (unpaired) electrons. The molecule has 0 aliphatic heterocycles. The number of halogens is 3. The molecule has 3 heterocycles. The van der Waals surface area contributed by atoms with Crippen LogP contribution >= 0.6 is 0 Å². The van der Waals surface area contributed by atoms with Gasteiger partial charge in [-0.1, -0.05) is 0 Å². The summed E-state index contributed by atoms with van der Waals surface area (Å²) >= 11 is 0. The predicted molar refractivity (Wildman–Crippen MR) is 117 cm³/mol. The van der Waals surface area contributed by atoms with Crippen molar-refractivity contribution in [1.82, 2.24) is 24.9 Å². The van der Waals surface area contributed by atoms with Crippen LogP contribution in [-0.4, -0.2) is 31.0 Å². The molecule has 1 aromatic carbocycles. The summed E-state index contributed by atoms with van der Waals surface area (Å²) in [7, 11) is 0. The molecule has 0 fully saturated rings. The zero-order valence-corrected chi connectivity index (χ0v) is 17.9. The van der Waals surface area contributed by atoms with E-state index in [1.807, 2.05) is 38.1 Å². The molecule has 0 bridgehead atoms. The topological polar surface area (TPSA) is 88.6 Å². The Bertz CT molecular complexity index is 1190. The second-order valence-electron chi connectivity index (χ2n) is 7.55. The predicted octanol–water partition coefficient (Wildman–Crippen LogP) is 5.35. The Balaban J connectivity index is 1.47. The number of rotatable bonds is 7. The van der Waals surface area contributed by atoms with Crippen LogP contribution < -0.4 is 10.1 Å². The van der Waals surface area contributed by atoms with Crippen molar-refractivity contribution in [3.63, 3.8) is 0 Å². The Morgan fingerprint density at radius 1 is 1.03 bits per heavy atom. The molecule has 0 atom stereocenters. The van der Waals surface area contributed by atoms with Gasteiger partial charge in [0.25, 0.3) is 0 Å². The smallest absolute Gasteiger partial charge is 0.433 e. The van der Waals surface area contributed by atoms with Crippen molar-refractivity contribution in [2.45, 2.75) is 32.7 Å². The summed E-state index contributed by atoms with van der Waals surface area (Å²) in [5.74, 6) is 1.30. The molecule has 0 aliphatic rings. The number of anilines is 1. The quantitative estimate of drug-likeness (QED) is 0.392. The van der Waals surface area contributed by atoms with Crippen LogP contribution in [0.2, 0.25) is 0 Å². The van der Waals surface area contributed by atoms with Crippen LogP contribution in [0.5, 0.6) is 5.75 Å². The summed E-state index contributed by atoms with van der Waals surface area (Å²) in [4.78, 5) is 19.1. The number of ether oxygens (including phenoxy) is 1. The van der Waals surface area contributed by atoms with E-state index >= 15 is 0 Å². The van der Waals surface area contributed by atoms with E-state index in [1.54, 1.807) is 12.4 Å². The fraction of sp³-hybridized carbons (Fsp3) is 0.217. The Morgan fingerprint density at radius 3 is 2.36 bits per heavy atom. The largest absolute Gasteiger partial charge is 0.491 e. The first-order valence-electron chi connectivity index (χ1n) is 10.2. The molecule has 0 amide bonds. The van der Waals surface area contributed by atoms with Gasteiger partial charge in [0.2, 0.25) is 0 Å². The molecular formula is C23H21F3N6O. The summed E-state index contributed by atoms with van der Waals surface area (Å²) in [6, 6.07) is 9.95. The van der Waals surface area contributed by atoms with Crippen LogP contribution in [0, 0.1) is 0 Å². The van der Waals surface area contributed by atoms with Crippen molar-refractivity contribution < 1.29 is 17.9 Å². The van der Waals surface area contributed by atoms with Crippen molar-refractivity contribution in [3.05, 3.63) is 72.6 Å². The molecule has 0 saturated heterocycles. The number of nitrogens with one attached hydrogen (secondary N) is 2. The highest BCUT2D eigenvalue weighted by atomic mass is 19.4. The summed E-state index contributed by atoms with van der Waals surface area (Å²) in [5.41, 5.74) is 1.36. The number of imidazole rings is 1. The molecule has 4 aromatic rings. The van der Waals surface area contributed by atoms with Gasteiger partial charge in [0.1, 0.15) is 11.4 Å². The fourth-order valence-electron chi connectivity index (χ4n) is 3.07. The summed E-state index contributed by atoms with van der Waals surface area (Å²) in [6.45, 7) is 4.15. The second-order valence-corrected chi connectivity index (χ2v) is 7.55. The van der Waals surface area contributed by atoms with Crippen LogP contribution in [0.15, 0.2) is 61.3 Å². The number of aromatic nitrogens is 5. The van der Waals surface area contributed by atoms with Crippen LogP contribution in [-0.2, 0) is 12.7 Å². The molecule has 0 saturated carbocycles. The van der Waals surface area contributed by atoms with Gasteiger partial charge in [-0.25, -0.2) is 19.9 Å². The Labute approximate surface area is 188 Å². The molecule has 4 rings (SSSR count). The van der Waals surface area contributed by atoms with E-state index in [2.05, 4.69) is 30.2 Å². The van der Waals surface area contributed by atoms with Gasteiger partial charge in [-0.05, 0) is 50.2 Å². The van der Waals surface area contributed by atoms with E-state index in [0.717, 1.165) is 17.4 Å². The van der Waals surface area contributed by atoms with Crippen LogP contribution in [0.4, 0.5) is 18.9 Å². The van der Waals surface area contributed by atoms with E-state index in [0.29, 0.717) is 17.1 Å². The van der Waals surface area contributed by atoms with E-state index in [1.165, 1.54) is 18.6 Å². The molecule has 0 spiro atoms. The first-order valence-corrected chi connectivity index (χ1v) is 10.2. The van der Waals surface area contributed by atoms with Gasteiger partial charge < -0.3 is 15.0 Å². The highest BCUT2D eigenvalue weighted by molar-refractivity contribution is 5.61. The maximum absolute atomic E-state index is 13.3. The number of hydrogen-bond donors (Lipinski definition) is 2. The zero-order chi connectivity index (χ0) is 23.4. The van der Waals surface area contributed by atoms with Gasteiger partial charge in [0.15, 0.2) is 5.82 Å². The number of nitrogens with zero attached hydrogens (tertiary/aromatic N) is 4. The van der Waals surface area contributed by atoms with Crippen LogP contribution in [0.3, 0.4) is 0 Å². The molecule has 2 N–H and O–H groups in total. The van der Waals surface area contributed by atoms with Gasteiger partial charge in [-0.15, -0.1) is 0 Å². The van der Waals surface area contributed by atoms with Crippen molar-refractivity contribution >= 4 is 5.69 Å². The minimum absolute atomic E-state index is 0.0852. The molecule has 170 valence electrons. The number of benzene rings is 1. The first-order chi connectivity index (χ1) is 15.8. The lowest BCUT2D eigenvalue weighted by Gasteiger charge is -2.12. The van der Waals surface area contributed by atoms with E-state index in [9.17, 15) is 13.2 Å². The Kier molecular flexibility index (Phi) is 6.25. The lowest BCUT2D eigenvalue weighted by molar-refractivity contribution is -0.141. The van der Waals surface area contributed by atoms with E-state index in [4.69, 9.17) is 4.74 Å². The summed E-state index contributed by atoms with van der Waals surface area (Å²) < 4.78 is 45.5. The van der Waals surface area contributed by atoms with Crippen molar-refractivity contribution in [3.8, 4) is 28.5 Å². The molecular weight excluding hydrogens is 433 g/mol. The third-order valence-electron chi connectivity index (χ3n) is 4.58. The van der Waals surface area contributed by atoms with Crippen molar-refractivity contribution in [2.24, 2.45) is 0 Å². The van der Waals surface area contributed by atoms with Gasteiger partial charge in [-0.3, -0.25) is 0 Å². The average molecular weight is 454 g/mol. The maximum Gasteiger partial charge on any atom is 0.433 e. The monoisotopic (exact) mass is 454 g/mol. The summed E-state index contributed by atoms with van der Waals surface area (Å²) in [6.07, 6.45) is 1.58. The SMILES string of the molecule is CC(C)Oc1ccc(-c2ncc(CNc3cc(-c4cnc[nH]4)nc(C(F)(F)F)c3)cn2)cc1. The standard InChI is InChI=1S/C23H21F3N6O/c1-14(2)33-18-5-3-16(4-6-18)22-29-10-15(11-30-22)9-28-17-7-19(20-12-27-13-31-20)32-21(8-17)23(24,25)26/h3-8,10-14H,9H2,1-2H3,(H,27,31)(H,28,32). The van der Waals surface area contributed by atoms with Gasteiger partial charge in [-0.2, -0.15) is 13.2 Å². The lowest BCUT2D eigenvalue weighted by Crippen LogP contribution is -2.10. The minimum Gasteiger partial charge on any atom is -0.491 e. The third-order valence-corrected chi connectivity index (χ3v) is 4.58. The van der Waals surface area contributed by atoms with Gasteiger partial charge >= 0.3 is 6.18 Å². The molecule has 33 heavy (non-hydrogen) atoms. The number of H-pyrrole nitrogens is 1. The van der Waals surface area contributed by atoms with E-state index in [-0.39, 0.29) is 24.0 Å². The fourth-order valence-corrected chi connectivity index (χ4v) is 3.07. The zero-order valence-electron chi connectivity index (χ0n) is 17.9. The van der Waals surface area contributed by atoms with Crippen molar-refractivity contribution in [2.75, 3.05) is 5.32 Å². The molecule has 10 heteroatoms. The first kappa shape index (κ1) is 22.3. The Hall–Kier alpha value is -3.95. The van der Waals surface area contributed by atoms with E-state index < -0.39 is 11.9 Å². The number of hydrogen-bond acceptors (Lipinski definition) is 6. The van der Waals surface area contributed by atoms with Crippen LogP contribution in [0.25, 0.3) is 22.8 Å². The Morgan fingerprint density at radius 2 is 1.76 bits per heavy atom. The van der Waals surface area contributed by atoms with Crippen molar-refractivity contribution in [1.29, 1.82) is 0 Å². The second kappa shape index (κ2) is 9.27. The summed E-state index contributed by atoms with van der Waals surface area (Å²) in [5, 5.41) is 2.99. The highest BCUT2D eigenvalue weighted by Crippen LogP contribution is 2.32. The minimum atomic E-state index is -4.58. The normalized spacial score (nSPS) is 11.6. The maximum atomic E-state index is 13.3. The number of alkyl halides is 3. The van der Waals surface area contributed by atoms with Crippen LogP contribution in [0.1, 0.15) is 25.1 Å². The van der Waals surface area contributed by atoms with Gasteiger partial charge in [0, 0.05) is 35.8 Å². The average Bonchev–Trinajstić information content (AvgIpc) is 3.33. The molecule has 3 aromatic heterocycles. The number of pyridine rings is 1. The highest BCUT2D eigenvalue weighted by Gasteiger charge is 2.33. The third kappa shape index (κ3) is 5.65. The molecule has 0 unspecified atom stereocenters. The van der Waals surface area contributed by atoms with Gasteiger partial charge in [0.05, 0.1) is 30.0 Å².